The van der Waals surface area contributed by atoms with Crippen molar-refractivity contribution in [1.29, 1.82) is 0 Å². The Morgan fingerprint density at radius 1 is 1.04 bits per heavy atom. The maximum atomic E-state index is 12.6. The van der Waals surface area contributed by atoms with E-state index in [1.807, 2.05) is 12.1 Å². The fourth-order valence-electron chi connectivity index (χ4n) is 3.56. The molecular weight excluding hydrogens is 350 g/mol. The number of rotatable bonds is 5. The average Bonchev–Trinajstić information content (AvgIpc) is 3.04. The van der Waals surface area contributed by atoms with Crippen molar-refractivity contribution >= 4 is 27.3 Å². The van der Waals surface area contributed by atoms with E-state index in [0.717, 1.165) is 18.5 Å². The fraction of sp³-hybridized carbons (Fsp3) is 0.316. The Bertz CT molecular complexity index is 956. The second-order valence-corrected chi connectivity index (χ2v) is 8.40. The smallest absolute Gasteiger partial charge is 0.240 e. The third-order valence-electron chi connectivity index (χ3n) is 4.94. The number of sulfonamides is 1. The van der Waals surface area contributed by atoms with Gasteiger partial charge in [-0.15, -0.1) is 0 Å². The van der Waals surface area contributed by atoms with Crippen LogP contribution in [0.5, 0.6) is 0 Å². The summed E-state index contributed by atoms with van der Waals surface area (Å²) in [6.45, 7) is 1.90. The summed E-state index contributed by atoms with van der Waals surface area (Å²) in [5.74, 6) is -0.0304. The summed E-state index contributed by atoms with van der Waals surface area (Å²) in [7, 11) is -3.57. The van der Waals surface area contributed by atoms with Gasteiger partial charge in [0, 0.05) is 37.4 Å². The molecule has 0 atom stereocenters. The molecule has 4 rings (SSSR count). The highest BCUT2D eigenvalue weighted by Gasteiger charge is 2.21. The van der Waals surface area contributed by atoms with Crippen LogP contribution < -0.4 is 14.9 Å². The van der Waals surface area contributed by atoms with Gasteiger partial charge in [-0.25, -0.2) is 13.1 Å². The first kappa shape index (κ1) is 17.1. The predicted octanol–water partition coefficient (Wildman–Crippen LogP) is 1.91. The summed E-state index contributed by atoms with van der Waals surface area (Å²) in [6, 6.07) is 13.1. The van der Waals surface area contributed by atoms with Crippen molar-refractivity contribution in [2.45, 2.75) is 24.2 Å². The maximum Gasteiger partial charge on any atom is 0.240 e. The average molecular weight is 371 g/mol. The third-order valence-corrected chi connectivity index (χ3v) is 6.40. The van der Waals surface area contributed by atoms with Gasteiger partial charge in [0.05, 0.1) is 4.90 Å². The van der Waals surface area contributed by atoms with Gasteiger partial charge in [0.2, 0.25) is 15.9 Å². The van der Waals surface area contributed by atoms with Crippen LogP contribution in [0.1, 0.15) is 17.5 Å². The molecule has 2 aliphatic heterocycles. The van der Waals surface area contributed by atoms with Gasteiger partial charge in [-0.05, 0) is 48.2 Å². The van der Waals surface area contributed by atoms with Crippen LogP contribution in [-0.2, 0) is 27.7 Å². The normalized spacial score (nSPS) is 16.2. The minimum absolute atomic E-state index is 0.0304. The molecule has 0 saturated heterocycles. The lowest BCUT2D eigenvalue weighted by Crippen LogP contribution is -2.34. The van der Waals surface area contributed by atoms with Crippen molar-refractivity contribution in [1.82, 2.24) is 4.72 Å². The van der Waals surface area contributed by atoms with E-state index < -0.39 is 10.0 Å². The van der Waals surface area contributed by atoms with Gasteiger partial charge >= 0.3 is 0 Å². The standard InChI is InChI=1S/C19H21N3O3S/c23-19-8-5-15-13-16(6-7-17(15)21-19)26(24,25)20-10-12-22-11-9-14-3-1-2-4-18(14)22/h1-4,6-7,13,20H,5,8-12H2,(H,21,23). The molecule has 0 saturated carbocycles. The van der Waals surface area contributed by atoms with Crippen molar-refractivity contribution in [2.24, 2.45) is 0 Å². The number of nitrogens with one attached hydrogen (secondary N) is 2. The zero-order valence-corrected chi connectivity index (χ0v) is 15.2. The third kappa shape index (κ3) is 3.32. The molecule has 2 aromatic carbocycles. The SMILES string of the molecule is O=C1CCc2cc(S(=O)(=O)NCCN3CCc4ccccc43)ccc2N1. The number of fused-ring (bicyclic) bond motifs is 2. The monoisotopic (exact) mass is 371 g/mol. The number of anilines is 2. The number of amides is 1. The van der Waals surface area contributed by atoms with Crippen LogP contribution in [0.2, 0.25) is 0 Å². The van der Waals surface area contributed by atoms with E-state index in [1.165, 1.54) is 17.3 Å². The molecule has 2 aliphatic rings. The Kier molecular flexibility index (Phi) is 4.42. The molecule has 7 heteroatoms. The lowest BCUT2D eigenvalue weighted by Gasteiger charge is -2.20. The van der Waals surface area contributed by atoms with Gasteiger partial charge in [-0.3, -0.25) is 4.79 Å². The van der Waals surface area contributed by atoms with Gasteiger partial charge in [0.25, 0.3) is 0 Å². The second-order valence-electron chi connectivity index (χ2n) is 6.63. The number of carbonyl (C=O) groups is 1. The van der Waals surface area contributed by atoms with Crippen LogP contribution in [0, 0.1) is 0 Å². The molecule has 26 heavy (non-hydrogen) atoms. The molecule has 2 heterocycles. The van der Waals surface area contributed by atoms with E-state index in [9.17, 15) is 13.2 Å². The van der Waals surface area contributed by atoms with E-state index in [4.69, 9.17) is 0 Å². The fourth-order valence-corrected chi connectivity index (χ4v) is 4.64. The van der Waals surface area contributed by atoms with E-state index in [2.05, 4.69) is 27.1 Å². The Labute approximate surface area is 153 Å². The Hall–Kier alpha value is -2.38. The largest absolute Gasteiger partial charge is 0.370 e. The minimum atomic E-state index is -3.57. The molecule has 0 aliphatic carbocycles. The zero-order chi connectivity index (χ0) is 18.1. The molecule has 136 valence electrons. The summed E-state index contributed by atoms with van der Waals surface area (Å²) < 4.78 is 27.9. The first-order valence-corrected chi connectivity index (χ1v) is 10.3. The number of aryl methyl sites for hydroxylation is 1. The molecule has 0 bridgehead atoms. The minimum Gasteiger partial charge on any atom is -0.370 e. The molecule has 6 nitrogen and oxygen atoms in total. The Morgan fingerprint density at radius 2 is 1.88 bits per heavy atom. The van der Waals surface area contributed by atoms with Gasteiger partial charge in [-0.1, -0.05) is 18.2 Å². The summed E-state index contributed by atoms with van der Waals surface area (Å²) in [4.78, 5) is 13.9. The van der Waals surface area contributed by atoms with Crippen LogP contribution in [0.15, 0.2) is 47.4 Å². The number of carbonyl (C=O) groups excluding carboxylic acids is 1. The van der Waals surface area contributed by atoms with E-state index in [0.29, 0.717) is 31.6 Å². The highest BCUT2D eigenvalue weighted by atomic mass is 32.2. The molecule has 0 radical (unpaired) electrons. The molecule has 1 amide bonds. The highest BCUT2D eigenvalue weighted by Crippen LogP contribution is 2.27. The van der Waals surface area contributed by atoms with Crippen LogP contribution in [0.3, 0.4) is 0 Å². The molecule has 0 fully saturated rings. The van der Waals surface area contributed by atoms with Gasteiger partial charge in [0.15, 0.2) is 0 Å². The maximum absolute atomic E-state index is 12.6. The molecule has 0 spiro atoms. The number of hydrogen-bond acceptors (Lipinski definition) is 4. The topological polar surface area (TPSA) is 78.5 Å². The van der Waals surface area contributed by atoms with Crippen molar-refractivity contribution in [2.75, 3.05) is 29.9 Å². The lowest BCUT2D eigenvalue weighted by atomic mass is 10.0. The molecule has 2 aromatic rings. The molecule has 0 aromatic heterocycles. The number of nitrogens with zero attached hydrogens (tertiary/aromatic N) is 1. The lowest BCUT2D eigenvalue weighted by molar-refractivity contribution is -0.116. The van der Waals surface area contributed by atoms with Crippen molar-refractivity contribution < 1.29 is 13.2 Å². The number of benzene rings is 2. The predicted molar refractivity (Wildman–Crippen MR) is 101 cm³/mol. The number of hydrogen-bond donors (Lipinski definition) is 2. The van der Waals surface area contributed by atoms with Gasteiger partial charge in [0.1, 0.15) is 0 Å². The number of para-hydroxylation sites is 1. The van der Waals surface area contributed by atoms with Crippen molar-refractivity contribution in [3.63, 3.8) is 0 Å². The van der Waals surface area contributed by atoms with Crippen LogP contribution >= 0.6 is 0 Å². The van der Waals surface area contributed by atoms with Crippen LogP contribution in [0.25, 0.3) is 0 Å². The van der Waals surface area contributed by atoms with Crippen molar-refractivity contribution in [3.05, 3.63) is 53.6 Å². The summed E-state index contributed by atoms with van der Waals surface area (Å²) >= 11 is 0. The van der Waals surface area contributed by atoms with Gasteiger partial charge in [-0.2, -0.15) is 0 Å². The second kappa shape index (κ2) is 6.74. The van der Waals surface area contributed by atoms with E-state index in [-0.39, 0.29) is 10.8 Å². The Balaban J connectivity index is 1.41. The summed E-state index contributed by atoms with van der Waals surface area (Å²) in [6.07, 6.45) is 1.95. The van der Waals surface area contributed by atoms with Crippen LogP contribution in [0.4, 0.5) is 11.4 Å². The van der Waals surface area contributed by atoms with E-state index >= 15 is 0 Å². The van der Waals surface area contributed by atoms with E-state index in [1.54, 1.807) is 12.1 Å². The molecule has 0 unspecified atom stereocenters. The summed E-state index contributed by atoms with van der Waals surface area (Å²) in [5, 5.41) is 2.77. The quantitative estimate of drug-likeness (QED) is 0.842. The highest BCUT2D eigenvalue weighted by molar-refractivity contribution is 7.89. The zero-order valence-electron chi connectivity index (χ0n) is 14.4. The van der Waals surface area contributed by atoms with Gasteiger partial charge < -0.3 is 10.2 Å². The Morgan fingerprint density at radius 3 is 2.77 bits per heavy atom. The molecular formula is C19H21N3O3S. The summed E-state index contributed by atoms with van der Waals surface area (Å²) in [5.41, 5.74) is 4.07. The first-order valence-electron chi connectivity index (χ1n) is 8.78. The van der Waals surface area contributed by atoms with Crippen molar-refractivity contribution in [3.8, 4) is 0 Å². The first-order chi connectivity index (χ1) is 12.5. The molecule has 2 N–H and O–H groups in total. The van der Waals surface area contributed by atoms with Crippen LogP contribution in [-0.4, -0.2) is 34.0 Å².